The van der Waals surface area contributed by atoms with Gasteiger partial charge in [0.1, 0.15) is 0 Å². The van der Waals surface area contributed by atoms with Crippen LogP contribution in [0.3, 0.4) is 0 Å². The Labute approximate surface area is 110 Å². The molecule has 0 aliphatic heterocycles. The minimum absolute atomic E-state index is 0.100. The summed E-state index contributed by atoms with van der Waals surface area (Å²) < 4.78 is 5.41. The number of benzene rings is 1. The Kier molecular flexibility index (Phi) is 5.33. The van der Waals surface area contributed by atoms with Gasteiger partial charge in [-0.3, -0.25) is 0 Å². The van der Waals surface area contributed by atoms with Crippen molar-refractivity contribution in [3.8, 4) is 6.07 Å². The minimum Gasteiger partial charge on any atom is -0.379 e. The SMILES string of the molecule is COC(C)(C)CC(C)NCc1ccc(C#N)cc1. The minimum atomic E-state index is -0.100. The summed E-state index contributed by atoms with van der Waals surface area (Å²) in [5.74, 6) is 0. The third-order valence-corrected chi connectivity index (χ3v) is 3.09. The highest BCUT2D eigenvalue weighted by Crippen LogP contribution is 2.15. The van der Waals surface area contributed by atoms with Crippen LogP contribution >= 0.6 is 0 Å². The third kappa shape index (κ3) is 4.87. The number of nitrogens with one attached hydrogen (secondary N) is 1. The summed E-state index contributed by atoms with van der Waals surface area (Å²) in [6, 6.07) is 10.2. The maximum atomic E-state index is 8.72. The molecule has 1 N–H and O–H groups in total. The monoisotopic (exact) mass is 246 g/mol. The molecule has 0 aliphatic rings. The van der Waals surface area contributed by atoms with Crippen LogP contribution in [-0.4, -0.2) is 18.8 Å². The van der Waals surface area contributed by atoms with Gasteiger partial charge in [0.25, 0.3) is 0 Å². The van der Waals surface area contributed by atoms with E-state index in [1.807, 2.05) is 24.3 Å². The van der Waals surface area contributed by atoms with Crippen LogP contribution in [0.5, 0.6) is 0 Å². The van der Waals surface area contributed by atoms with Gasteiger partial charge >= 0.3 is 0 Å². The molecule has 18 heavy (non-hydrogen) atoms. The number of methoxy groups -OCH3 is 1. The fourth-order valence-electron chi connectivity index (χ4n) is 1.88. The first kappa shape index (κ1) is 14.7. The first-order chi connectivity index (χ1) is 8.46. The maximum absolute atomic E-state index is 8.72. The lowest BCUT2D eigenvalue weighted by atomic mass is 9.99. The fraction of sp³-hybridized carbons (Fsp3) is 0.533. The average molecular weight is 246 g/mol. The summed E-state index contributed by atoms with van der Waals surface area (Å²) in [7, 11) is 1.74. The van der Waals surface area contributed by atoms with Crippen LogP contribution in [0.4, 0.5) is 0 Å². The zero-order chi connectivity index (χ0) is 13.6. The number of hydrogen-bond donors (Lipinski definition) is 1. The van der Waals surface area contributed by atoms with Crippen molar-refractivity contribution in [2.45, 2.75) is 45.4 Å². The number of ether oxygens (including phenoxy) is 1. The zero-order valence-electron chi connectivity index (χ0n) is 11.7. The van der Waals surface area contributed by atoms with Gasteiger partial charge in [-0.25, -0.2) is 0 Å². The van der Waals surface area contributed by atoms with E-state index in [9.17, 15) is 0 Å². The maximum Gasteiger partial charge on any atom is 0.0991 e. The van der Waals surface area contributed by atoms with Crippen molar-refractivity contribution < 1.29 is 4.74 Å². The van der Waals surface area contributed by atoms with Crippen molar-refractivity contribution in [3.05, 3.63) is 35.4 Å². The lowest BCUT2D eigenvalue weighted by Crippen LogP contribution is -2.35. The van der Waals surface area contributed by atoms with Crippen molar-refractivity contribution in [2.75, 3.05) is 7.11 Å². The number of rotatable bonds is 6. The van der Waals surface area contributed by atoms with E-state index in [0.717, 1.165) is 13.0 Å². The second kappa shape index (κ2) is 6.53. The predicted molar refractivity (Wildman–Crippen MR) is 73.2 cm³/mol. The molecule has 0 heterocycles. The highest BCUT2D eigenvalue weighted by molar-refractivity contribution is 5.31. The summed E-state index contributed by atoms with van der Waals surface area (Å²) in [5.41, 5.74) is 1.79. The largest absolute Gasteiger partial charge is 0.379 e. The van der Waals surface area contributed by atoms with Gasteiger partial charge in [0, 0.05) is 19.7 Å². The van der Waals surface area contributed by atoms with E-state index in [-0.39, 0.29) is 5.60 Å². The summed E-state index contributed by atoms with van der Waals surface area (Å²) in [6.45, 7) is 7.15. The number of nitriles is 1. The Morgan fingerprint density at radius 3 is 2.44 bits per heavy atom. The fourth-order valence-corrected chi connectivity index (χ4v) is 1.88. The molecule has 0 saturated carbocycles. The zero-order valence-corrected chi connectivity index (χ0v) is 11.7. The predicted octanol–water partition coefficient (Wildman–Crippen LogP) is 2.85. The Morgan fingerprint density at radius 2 is 1.94 bits per heavy atom. The average Bonchev–Trinajstić information content (AvgIpc) is 2.36. The van der Waals surface area contributed by atoms with E-state index < -0.39 is 0 Å². The summed E-state index contributed by atoms with van der Waals surface area (Å²) in [6.07, 6.45) is 0.958. The van der Waals surface area contributed by atoms with Gasteiger partial charge in [-0.1, -0.05) is 12.1 Å². The van der Waals surface area contributed by atoms with Gasteiger partial charge in [-0.05, 0) is 44.9 Å². The Balaban J connectivity index is 2.42. The molecule has 1 unspecified atom stereocenters. The molecule has 98 valence electrons. The van der Waals surface area contributed by atoms with E-state index in [1.54, 1.807) is 7.11 Å². The highest BCUT2D eigenvalue weighted by atomic mass is 16.5. The van der Waals surface area contributed by atoms with Crippen molar-refractivity contribution in [1.29, 1.82) is 5.26 Å². The number of nitrogens with zero attached hydrogens (tertiary/aromatic N) is 1. The highest BCUT2D eigenvalue weighted by Gasteiger charge is 2.19. The molecule has 0 radical (unpaired) electrons. The van der Waals surface area contributed by atoms with E-state index in [4.69, 9.17) is 10.00 Å². The summed E-state index contributed by atoms with van der Waals surface area (Å²) in [4.78, 5) is 0. The van der Waals surface area contributed by atoms with Crippen LogP contribution in [0.1, 0.15) is 38.3 Å². The molecular weight excluding hydrogens is 224 g/mol. The van der Waals surface area contributed by atoms with Gasteiger partial charge < -0.3 is 10.1 Å². The van der Waals surface area contributed by atoms with Gasteiger partial charge in [0.2, 0.25) is 0 Å². The number of hydrogen-bond acceptors (Lipinski definition) is 3. The van der Waals surface area contributed by atoms with Gasteiger partial charge in [0.15, 0.2) is 0 Å². The second-order valence-corrected chi connectivity index (χ2v) is 5.26. The molecule has 3 heteroatoms. The molecule has 1 rings (SSSR count). The standard InChI is InChI=1S/C15H22N2O/c1-12(9-15(2,3)18-4)17-11-14-7-5-13(10-16)6-8-14/h5-8,12,17H,9,11H2,1-4H3. The first-order valence-corrected chi connectivity index (χ1v) is 6.24. The molecule has 0 fully saturated rings. The smallest absolute Gasteiger partial charge is 0.0991 e. The molecular formula is C15H22N2O. The molecule has 0 aromatic heterocycles. The van der Waals surface area contributed by atoms with Crippen LogP contribution in [-0.2, 0) is 11.3 Å². The molecule has 0 saturated heterocycles. The van der Waals surface area contributed by atoms with E-state index in [1.165, 1.54) is 5.56 Å². The van der Waals surface area contributed by atoms with E-state index in [2.05, 4.69) is 32.2 Å². The molecule has 1 aromatic rings. The Bertz CT molecular complexity index is 403. The quantitative estimate of drug-likeness (QED) is 0.839. The van der Waals surface area contributed by atoms with E-state index in [0.29, 0.717) is 11.6 Å². The second-order valence-electron chi connectivity index (χ2n) is 5.26. The van der Waals surface area contributed by atoms with Crippen LogP contribution in [0.15, 0.2) is 24.3 Å². The van der Waals surface area contributed by atoms with Crippen LogP contribution in [0.2, 0.25) is 0 Å². The molecule has 1 aromatic carbocycles. The molecule has 3 nitrogen and oxygen atoms in total. The molecule has 0 bridgehead atoms. The molecule has 1 atom stereocenters. The van der Waals surface area contributed by atoms with E-state index >= 15 is 0 Å². The first-order valence-electron chi connectivity index (χ1n) is 6.24. The summed E-state index contributed by atoms with van der Waals surface area (Å²) >= 11 is 0. The third-order valence-electron chi connectivity index (χ3n) is 3.09. The van der Waals surface area contributed by atoms with Crippen molar-refractivity contribution in [2.24, 2.45) is 0 Å². The van der Waals surface area contributed by atoms with Crippen LogP contribution in [0.25, 0.3) is 0 Å². The van der Waals surface area contributed by atoms with Gasteiger partial charge in [-0.2, -0.15) is 5.26 Å². The Morgan fingerprint density at radius 1 is 1.33 bits per heavy atom. The lowest BCUT2D eigenvalue weighted by Gasteiger charge is -2.27. The van der Waals surface area contributed by atoms with Gasteiger partial charge in [-0.15, -0.1) is 0 Å². The summed E-state index contributed by atoms with van der Waals surface area (Å²) in [5, 5.41) is 12.2. The Hall–Kier alpha value is -1.37. The molecule has 0 aliphatic carbocycles. The normalized spacial score (nSPS) is 13.1. The van der Waals surface area contributed by atoms with Crippen LogP contribution < -0.4 is 5.32 Å². The molecule has 0 amide bonds. The van der Waals surface area contributed by atoms with Gasteiger partial charge in [0.05, 0.1) is 17.2 Å². The topological polar surface area (TPSA) is 45.0 Å². The van der Waals surface area contributed by atoms with Crippen LogP contribution in [0, 0.1) is 11.3 Å². The van der Waals surface area contributed by atoms with Crippen molar-refractivity contribution in [1.82, 2.24) is 5.32 Å². The van der Waals surface area contributed by atoms with Crippen molar-refractivity contribution in [3.63, 3.8) is 0 Å². The van der Waals surface area contributed by atoms with Crippen molar-refractivity contribution >= 4 is 0 Å². The lowest BCUT2D eigenvalue weighted by molar-refractivity contribution is 0.00844. The molecule has 0 spiro atoms.